The first kappa shape index (κ1) is 15.2. The van der Waals surface area contributed by atoms with E-state index in [9.17, 15) is 8.78 Å². The van der Waals surface area contributed by atoms with Gasteiger partial charge in [-0.1, -0.05) is 31.9 Å². The van der Waals surface area contributed by atoms with Gasteiger partial charge in [-0.05, 0) is 42.4 Å². The summed E-state index contributed by atoms with van der Waals surface area (Å²) in [7, 11) is 0. The molecule has 20 heavy (non-hydrogen) atoms. The molecule has 1 aliphatic carbocycles. The highest BCUT2D eigenvalue weighted by Crippen LogP contribution is 2.36. The molecule has 1 atom stereocenters. The van der Waals surface area contributed by atoms with Crippen LogP contribution in [0, 0.1) is 11.8 Å². The van der Waals surface area contributed by atoms with Crippen molar-refractivity contribution < 1.29 is 13.5 Å². The smallest absolute Gasteiger partial charge is 0.387 e. The summed E-state index contributed by atoms with van der Waals surface area (Å²) in [5.74, 6) is 7.15. The molecule has 0 aliphatic heterocycles. The molecule has 2 rings (SSSR count). The lowest BCUT2D eigenvalue weighted by molar-refractivity contribution is -0.0498. The lowest BCUT2D eigenvalue weighted by Crippen LogP contribution is -2.35. The van der Waals surface area contributed by atoms with Crippen LogP contribution >= 0.6 is 0 Å². The summed E-state index contributed by atoms with van der Waals surface area (Å²) in [6, 6.07) is 6.82. The summed E-state index contributed by atoms with van der Waals surface area (Å²) in [6.07, 6.45) is 4.72. The molecule has 0 saturated heterocycles. The van der Waals surface area contributed by atoms with E-state index >= 15 is 0 Å². The quantitative estimate of drug-likeness (QED) is 0.641. The molecule has 0 radical (unpaired) electrons. The number of halogens is 2. The van der Waals surface area contributed by atoms with Crippen LogP contribution in [0.4, 0.5) is 8.78 Å². The van der Waals surface area contributed by atoms with E-state index in [2.05, 4.69) is 17.1 Å². The van der Waals surface area contributed by atoms with Crippen LogP contribution < -0.4 is 16.0 Å². The molecule has 3 nitrogen and oxygen atoms in total. The van der Waals surface area contributed by atoms with Gasteiger partial charge in [-0.15, -0.1) is 0 Å². The third-order valence-electron chi connectivity index (χ3n) is 4.18. The largest absolute Gasteiger partial charge is 0.435 e. The summed E-state index contributed by atoms with van der Waals surface area (Å²) in [6.45, 7) is -0.512. The molecule has 0 heterocycles. The fourth-order valence-electron chi connectivity index (χ4n) is 2.98. The second-order valence-corrected chi connectivity index (χ2v) is 5.61. The maximum absolute atomic E-state index is 12.1. The Morgan fingerprint density at radius 1 is 1.15 bits per heavy atom. The van der Waals surface area contributed by atoms with Gasteiger partial charge in [0.05, 0.1) is 0 Å². The number of hydrazine groups is 1. The number of nitrogens with two attached hydrogens (primary N) is 1. The molecule has 1 aromatic rings. The molecule has 0 aromatic heterocycles. The van der Waals surface area contributed by atoms with E-state index in [4.69, 9.17) is 5.84 Å². The second-order valence-electron chi connectivity index (χ2n) is 5.61. The number of benzene rings is 1. The predicted molar refractivity (Wildman–Crippen MR) is 74.3 cm³/mol. The molecule has 1 aromatic carbocycles. The van der Waals surface area contributed by atoms with Gasteiger partial charge in [-0.2, -0.15) is 8.78 Å². The summed E-state index contributed by atoms with van der Waals surface area (Å²) in [5, 5.41) is 0. The lowest BCUT2D eigenvalue weighted by atomic mass is 9.77. The first-order valence-electron chi connectivity index (χ1n) is 7.11. The molecule has 1 saturated carbocycles. The van der Waals surface area contributed by atoms with Crippen molar-refractivity contribution in [2.24, 2.45) is 17.7 Å². The molecule has 5 heteroatoms. The van der Waals surface area contributed by atoms with Crippen molar-refractivity contribution in [3.8, 4) is 5.75 Å². The van der Waals surface area contributed by atoms with Crippen molar-refractivity contribution in [2.45, 2.75) is 45.3 Å². The van der Waals surface area contributed by atoms with Crippen LogP contribution in [0.2, 0.25) is 0 Å². The fraction of sp³-hybridized carbons (Fsp3) is 0.600. The molecular weight excluding hydrogens is 262 g/mol. The zero-order chi connectivity index (χ0) is 14.5. The van der Waals surface area contributed by atoms with E-state index in [0.29, 0.717) is 5.92 Å². The van der Waals surface area contributed by atoms with Crippen molar-refractivity contribution in [2.75, 3.05) is 0 Å². The van der Waals surface area contributed by atoms with Crippen molar-refractivity contribution in [3.63, 3.8) is 0 Å². The zero-order valence-corrected chi connectivity index (χ0v) is 11.7. The Hall–Kier alpha value is -1.20. The first-order chi connectivity index (χ1) is 9.60. The molecule has 1 aliphatic rings. The van der Waals surface area contributed by atoms with Crippen LogP contribution in [0.3, 0.4) is 0 Å². The average Bonchev–Trinajstić information content (AvgIpc) is 2.43. The highest BCUT2D eigenvalue weighted by Gasteiger charge is 2.26. The van der Waals surface area contributed by atoms with Crippen LogP contribution in [0.15, 0.2) is 24.3 Å². The standard InChI is InChI=1S/C15H22F2N2O/c1-10-2-4-11(5-3-10)14(19-18)12-6-8-13(9-7-12)20-15(16)17/h6-11,14-15,19H,2-5,18H2,1H3. The second kappa shape index (κ2) is 6.99. The number of hydrogen-bond acceptors (Lipinski definition) is 3. The van der Waals surface area contributed by atoms with Crippen molar-refractivity contribution >= 4 is 0 Å². The number of rotatable bonds is 5. The first-order valence-corrected chi connectivity index (χ1v) is 7.11. The van der Waals surface area contributed by atoms with Crippen molar-refractivity contribution in [1.29, 1.82) is 0 Å². The molecular formula is C15H22F2N2O. The highest BCUT2D eigenvalue weighted by molar-refractivity contribution is 5.29. The van der Waals surface area contributed by atoms with Crippen molar-refractivity contribution in [1.82, 2.24) is 5.43 Å². The van der Waals surface area contributed by atoms with Gasteiger partial charge in [0.2, 0.25) is 0 Å². The van der Waals surface area contributed by atoms with E-state index in [1.807, 2.05) is 0 Å². The van der Waals surface area contributed by atoms with Gasteiger partial charge in [0, 0.05) is 6.04 Å². The maximum atomic E-state index is 12.1. The van der Waals surface area contributed by atoms with Crippen LogP contribution in [-0.4, -0.2) is 6.61 Å². The summed E-state index contributed by atoms with van der Waals surface area (Å²) in [5.41, 5.74) is 3.90. The Kier molecular flexibility index (Phi) is 5.31. The van der Waals surface area contributed by atoms with E-state index in [0.717, 1.165) is 24.3 Å². The Morgan fingerprint density at radius 3 is 2.25 bits per heavy atom. The predicted octanol–water partition coefficient (Wildman–Crippen LogP) is 3.62. The monoisotopic (exact) mass is 284 g/mol. The van der Waals surface area contributed by atoms with Gasteiger partial charge < -0.3 is 4.74 Å². The Morgan fingerprint density at radius 2 is 1.75 bits per heavy atom. The molecule has 0 spiro atoms. The minimum Gasteiger partial charge on any atom is -0.435 e. The third-order valence-corrected chi connectivity index (χ3v) is 4.18. The number of nitrogens with one attached hydrogen (secondary N) is 1. The SMILES string of the molecule is CC1CCC(C(NN)c2ccc(OC(F)F)cc2)CC1. The zero-order valence-electron chi connectivity index (χ0n) is 11.7. The van der Waals surface area contributed by atoms with Crippen molar-refractivity contribution in [3.05, 3.63) is 29.8 Å². The van der Waals surface area contributed by atoms with Gasteiger partial charge in [0.15, 0.2) is 0 Å². The Bertz CT molecular complexity index is 403. The van der Waals surface area contributed by atoms with E-state index in [1.165, 1.54) is 12.8 Å². The average molecular weight is 284 g/mol. The van der Waals surface area contributed by atoms with Crippen LogP contribution in [0.25, 0.3) is 0 Å². The fourth-order valence-corrected chi connectivity index (χ4v) is 2.98. The molecule has 1 fully saturated rings. The van der Waals surface area contributed by atoms with Gasteiger partial charge in [0.25, 0.3) is 0 Å². The number of hydrogen-bond donors (Lipinski definition) is 2. The molecule has 1 unspecified atom stereocenters. The summed E-state index contributed by atoms with van der Waals surface area (Å²) < 4.78 is 28.6. The van der Waals surface area contributed by atoms with E-state index in [1.54, 1.807) is 24.3 Å². The normalized spacial score (nSPS) is 24.6. The van der Waals surface area contributed by atoms with E-state index < -0.39 is 6.61 Å². The number of ether oxygens (including phenoxy) is 1. The third kappa shape index (κ3) is 3.90. The van der Waals surface area contributed by atoms with Gasteiger partial charge in [0.1, 0.15) is 5.75 Å². The van der Waals surface area contributed by atoms with Crippen LogP contribution in [-0.2, 0) is 0 Å². The Labute approximate surface area is 118 Å². The summed E-state index contributed by atoms with van der Waals surface area (Å²) in [4.78, 5) is 0. The highest BCUT2D eigenvalue weighted by atomic mass is 19.3. The maximum Gasteiger partial charge on any atom is 0.387 e. The molecule has 3 N–H and O–H groups in total. The molecule has 112 valence electrons. The van der Waals surface area contributed by atoms with Gasteiger partial charge in [-0.3, -0.25) is 11.3 Å². The number of alkyl halides is 2. The lowest BCUT2D eigenvalue weighted by Gasteiger charge is -2.32. The minimum absolute atomic E-state index is 0.0723. The van der Waals surface area contributed by atoms with Gasteiger partial charge in [-0.25, -0.2) is 0 Å². The van der Waals surface area contributed by atoms with Crippen LogP contribution in [0.1, 0.15) is 44.2 Å². The molecule has 0 bridgehead atoms. The topological polar surface area (TPSA) is 47.3 Å². The van der Waals surface area contributed by atoms with E-state index in [-0.39, 0.29) is 11.8 Å². The minimum atomic E-state index is -2.79. The van der Waals surface area contributed by atoms with Gasteiger partial charge >= 0.3 is 6.61 Å². The summed E-state index contributed by atoms with van der Waals surface area (Å²) >= 11 is 0. The molecule has 0 amide bonds. The van der Waals surface area contributed by atoms with Crippen LogP contribution in [0.5, 0.6) is 5.75 Å². The Balaban J connectivity index is 2.03.